The fourth-order valence-corrected chi connectivity index (χ4v) is 3.25. The highest BCUT2D eigenvalue weighted by atomic mass is 19.1. The van der Waals surface area contributed by atoms with Crippen LogP contribution >= 0.6 is 0 Å². The van der Waals surface area contributed by atoms with Gasteiger partial charge in [0.2, 0.25) is 0 Å². The minimum Gasteiger partial charge on any atom is -0.508 e. The van der Waals surface area contributed by atoms with Crippen LogP contribution in [0.25, 0.3) is 6.08 Å². The summed E-state index contributed by atoms with van der Waals surface area (Å²) in [4.78, 5) is 50.7. The smallest absolute Gasteiger partial charge is 0.335 e. The number of para-hydroxylation sites is 1. The lowest BCUT2D eigenvalue weighted by molar-refractivity contribution is -0.122. The lowest BCUT2D eigenvalue weighted by Gasteiger charge is -2.26. The van der Waals surface area contributed by atoms with Crippen molar-refractivity contribution >= 4 is 41.2 Å². The van der Waals surface area contributed by atoms with Crippen molar-refractivity contribution in [3.05, 3.63) is 89.8 Å². The lowest BCUT2D eigenvalue weighted by atomic mass is 10.1. The van der Waals surface area contributed by atoms with Gasteiger partial charge in [0.15, 0.2) is 6.61 Å². The molecular formula is C25H18FN3O6. The summed E-state index contributed by atoms with van der Waals surface area (Å²) in [5.74, 6) is -2.54. The third-order valence-electron chi connectivity index (χ3n) is 4.92. The number of nitrogens with one attached hydrogen (secondary N) is 2. The number of halogens is 1. The van der Waals surface area contributed by atoms with E-state index < -0.39 is 36.2 Å². The average Bonchev–Trinajstić information content (AvgIpc) is 2.83. The summed E-state index contributed by atoms with van der Waals surface area (Å²) in [5.41, 5.74) is 0.537. The Hall–Kier alpha value is -4.99. The first kappa shape index (κ1) is 23.2. The molecule has 10 heteroatoms. The molecule has 0 aromatic heterocycles. The molecule has 0 bridgehead atoms. The van der Waals surface area contributed by atoms with E-state index in [0.29, 0.717) is 11.3 Å². The molecule has 0 aliphatic carbocycles. The third kappa shape index (κ3) is 5.33. The number of phenolic OH excluding ortho intramolecular Hbond substituents is 1. The van der Waals surface area contributed by atoms with E-state index in [2.05, 4.69) is 10.6 Å². The molecule has 176 valence electrons. The number of barbiturate groups is 1. The molecule has 3 aromatic carbocycles. The van der Waals surface area contributed by atoms with Crippen molar-refractivity contribution in [2.45, 2.75) is 0 Å². The van der Waals surface area contributed by atoms with Crippen LogP contribution < -0.4 is 20.3 Å². The number of ether oxygens (including phenoxy) is 1. The lowest BCUT2D eigenvalue weighted by Crippen LogP contribution is -2.54. The number of aromatic hydroxyl groups is 1. The van der Waals surface area contributed by atoms with Crippen molar-refractivity contribution < 1.29 is 33.4 Å². The molecule has 9 nitrogen and oxygen atoms in total. The molecule has 35 heavy (non-hydrogen) atoms. The molecule has 3 N–H and O–H groups in total. The molecule has 0 spiro atoms. The number of amides is 5. The number of carbonyl (C=O) groups excluding carboxylic acids is 4. The summed E-state index contributed by atoms with van der Waals surface area (Å²) < 4.78 is 18.6. The van der Waals surface area contributed by atoms with Crippen LogP contribution in [0, 0.1) is 5.82 Å². The number of carbonyl (C=O) groups is 4. The molecule has 1 aliphatic rings. The highest BCUT2D eigenvalue weighted by Gasteiger charge is 2.37. The summed E-state index contributed by atoms with van der Waals surface area (Å²) in [6.45, 7) is -0.393. The molecule has 0 atom stereocenters. The topological polar surface area (TPSA) is 125 Å². The molecule has 3 aromatic rings. The van der Waals surface area contributed by atoms with Gasteiger partial charge in [-0.25, -0.2) is 14.1 Å². The number of hydrogen-bond acceptors (Lipinski definition) is 6. The molecule has 4 rings (SSSR count). The van der Waals surface area contributed by atoms with E-state index in [1.165, 1.54) is 54.6 Å². The van der Waals surface area contributed by atoms with Crippen LogP contribution in [0.15, 0.2) is 78.4 Å². The summed E-state index contributed by atoms with van der Waals surface area (Å²) >= 11 is 0. The second kappa shape index (κ2) is 9.87. The number of phenols is 1. The Morgan fingerprint density at radius 2 is 1.69 bits per heavy atom. The summed E-state index contributed by atoms with van der Waals surface area (Å²) in [6.07, 6.45) is 1.25. The third-order valence-corrected chi connectivity index (χ3v) is 4.92. The predicted octanol–water partition coefficient (Wildman–Crippen LogP) is 3.22. The number of urea groups is 1. The first-order valence-electron chi connectivity index (χ1n) is 10.3. The summed E-state index contributed by atoms with van der Waals surface area (Å²) in [6, 6.07) is 16.0. The van der Waals surface area contributed by atoms with Gasteiger partial charge in [-0.05, 0) is 60.7 Å². The molecule has 5 amide bonds. The first-order chi connectivity index (χ1) is 16.8. The van der Waals surface area contributed by atoms with E-state index in [-0.39, 0.29) is 22.8 Å². The molecular weight excluding hydrogens is 457 g/mol. The highest BCUT2D eigenvalue weighted by molar-refractivity contribution is 6.39. The Labute approximate surface area is 198 Å². The van der Waals surface area contributed by atoms with E-state index in [0.717, 1.165) is 4.90 Å². The van der Waals surface area contributed by atoms with Gasteiger partial charge in [0.25, 0.3) is 17.7 Å². The molecule has 0 saturated carbocycles. The SMILES string of the molecule is O=C(COc1ccccc1C=C1C(=O)NC(=O)N(c2ccc(O)cc2)C1=O)Nc1ccc(F)cc1. The zero-order chi connectivity index (χ0) is 24.9. The Morgan fingerprint density at radius 1 is 1.00 bits per heavy atom. The highest BCUT2D eigenvalue weighted by Crippen LogP contribution is 2.26. The Morgan fingerprint density at radius 3 is 2.40 bits per heavy atom. The monoisotopic (exact) mass is 475 g/mol. The fraction of sp³-hybridized carbons (Fsp3) is 0.0400. The van der Waals surface area contributed by atoms with Crippen molar-refractivity contribution in [2.75, 3.05) is 16.8 Å². The standard InChI is InChI=1S/C25H18FN3O6/c26-16-5-7-17(8-6-16)27-22(31)14-35-21-4-2-1-3-15(21)13-20-23(32)28-25(34)29(24(20)33)18-9-11-19(30)12-10-18/h1-13,30H,14H2,(H,27,31)(H,28,32,34). The fourth-order valence-electron chi connectivity index (χ4n) is 3.25. The van der Waals surface area contributed by atoms with Gasteiger partial charge < -0.3 is 15.2 Å². The van der Waals surface area contributed by atoms with E-state index in [9.17, 15) is 28.7 Å². The van der Waals surface area contributed by atoms with Crippen molar-refractivity contribution in [1.29, 1.82) is 0 Å². The van der Waals surface area contributed by atoms with Crippen LogP contribution in [-0.2, 0) is 14.4 Å². The van der Waals surface area contributed by atoms with Crippen LogP contribution in [0.5, 0.6) is 11.5 Å². The molecule has 0 unspecified atom stereocenters. The number of hydrogen-bond donors (Lipinski definition) is 3. The van der Waals surface area contributed by atoms with Gasteiger partial charge in [-0.2, -0.15) is 0 Å². The normalized spacial score (nSPS) is 14.6. The predicted molar refractivity (Wildman–Crippen MR) is 124 cm³/mol. The van der Waals surface area contributed by atoms with Gasteiger partial charge in [0.1, 0.15) is 22.9 Å². The van der Waals surface area contributed by atoms with E-state index in [1.807, 2.05) is 0 Å². The summed E-state index contributed by atoms with van der Waals surface area (Å²) in [5, 5.41) is 14.1. The van der Waals surface area contributed by atoms with Crippen LogP contribution in [-0.4, -0.2) is 35.5 Å². The Bertz CT molecular complexity index is 1340. The van der Waals surface area contributed by atoms with E-state index in [1.54, 1.807) is 24.3 Å². The van der Waals surface area contributed by atoms with E-state index >= 15 is 0 Å². The second-order valence-electron chi connectivity index (χ2n) is 7.36. The van der Waals surface area contributed by atoms with Crippen LogP contribution in [0.3, 0.4) is 0 Å². The summed E-state index contributed by atoms with van der Waals surface area (Å²) in [7, 11) is 0. The Balaban J connectivity index is 1.53. The van der Waals surface area contributed by atoms with Crippen LogP contribution in [0.1, 0.15) is 5.56 Å². The maximum atomic E-state index is 13.0. The number of nitrogens with zero attached hydrogens (tertiary/aromatic N) is 1. The number of rotatable bonds is 6. The molecule has 1 saturated heterocycles. The second-order valence-corrected chi connectivity index (χ2v) is 7.36. The van der Waals surface area contributed by atoms with Gasteiger partial charge in [-0.3, -0.25) is 19.7 Å². The van der Waals surface area contributed by atoms with E-state index in [4.69, 9.17) is 4.74 Å². The van der Waals surface area contributed by atoms with Crippen LogP contribution in [0.4, 0.5) is 20.6 Å². The first-order valence-corrected chi connectivity index (χ1v) is 10.3. The molecule has 1 aliphatic heterocycles. The van der Waals surface area contributed by atoms with Gasteiger partial charge in [0, 0.05) is 11.3 Å². The van der Waals surface area contributed by atoms with Crippen molar-refractivity contribution in [2.24, 2.45) is 0 Å². The van der Waals surface area contributed by atoms with Gasteiger partial charge >= 0.3 is 6.03 Å². The van der Waals surface area contributed by atoms with Gasteiger partial charge in [0.05, 0.1) is 5.69 Å². The minimum absolute atomic E-state index is 0.0556. The zero-order valence-corrected chi connectivity index (χ0v) is 18.0. The number of benzene rings is 3. The maximum absolute atomic E-state index is 13.0. The van der Waals surface area contributed by atoms with Gasteiger partial charge in [-0.1, -0.05) is 18.2 Å². The van der Waals surface area contributed by atoms with Crippen molar-refractivity contribution in [1.82, 2.24) is 5.32 Å². The van der Waals surface area contributed by atoms with Gasteiger partial charge in [-0.15, -0.1) is 0 Å². The number of imide groups is 2. The molecule has 0 radical (unpaired) electrons. The number of anilines is 2. The Kier molecular flexibility index (Phi) is 6.54. The zero-order valence-electron chi connectivity index (χ0n) is 18.0. The quantitative estimate of drug-likeness (QED) is 0.371. The molecule has 1 heterocycles. The molecule has 1 fully saturated rings. The minimum atomic E-state index is -0.926. The van der Waals surface area contributed by atoms with Crippen molar-refractivity contribution in [3.8, 4) is 11.5 Å². The van der Waals surface area contributed by atoms with Crippen molar-refractivity contribution in [3.63, 3.8) is 0 Å². The maximum Gasteiger partial charge on any atom is 0.335 e. The average molecular weight is 475 g/mol. The van der Waals surface area contributed by atoms with Crippen LogP contribution in [0.2, 0.25) is 0 Å². The largest absolute Gasteiger partial charge is 0.508 e.